The third-order valence-electron chi connectivity index (χ3n) is 1.80. The minimum absolute atomic E-state index is 0.0337. The second-order valence-electron chi connectivity index (χ2n) is 2.67. The first-order valence-electron chi connectivity index (χ1n) is 3.91. The van der Waals surface area contributed by atoms with Crippen molar-refractivity contribution in [1.82, 2.24) is 9.59 Å². The molecule has 0 aliphatic heterocycles. The van der Waals surface area contributed by atoms with Crippen LogP contribution in [-0.4, -0.2) is 14.5 Å². The van der Waals surface area contributed by atoms with Crippen LogP contribution in [0.15, 0.2) is 24.4 Å². The van der Waals surface area contributed by atoms with E-state index in [2.05, 4.69) is 9.59 Å². The van der Waals surface area contributed by atoms with Gasteiger partial charge in [0.05, 0.1) is 26.6 Å². The van der Waals surface area contributed by atoms with Crippen LogP contribution >= 0.6 is 23.1 Å². The highest BCUT2D eigenvalue weighted by atomic mass is 35.5. The van der Waals surface area contributed by atoms with E-state index in [1.54, 1.807) is 12.1 Å². The highest BCUT2D eigenvalue weighted by molar-refractivity contribution is 7.09. The Hall–Kier alpha value is -1.53. The van der Waals surface area contributed by atoms with E-state index >= 15 is 0 Å². The molecule has 15 heavy (non-hydrogen) atoms. The maximum atomic E-state index is 10.8. The van der Waals surface area contributed by atoms with Gasteiger partial charge >= 0.3 is 0 Å². The first kappa shape index (κ1) is 10.0. The number of rotatable bonds is 2. The Bertz CT molecular complexity index is 501. The molecule has 0 spiro atoms. The zero-order chi connectivity index (χ0) is 10.8. The number of hydrogen-bond acceptors (Lipinski definition) is 5. The second-order valence-corrected chi connectivity index (χ2v) is 3.87. The molecule has 0 aliphatic rings. The third kappa shape index (κ3) is 1.81. The van der Waals surface area contributed by atoms with Crippen molar-refractivity contribution in [2.45, 2.75) is 0 Å². The van der Waals surface area contributed by atoms with Gasteiger partial charge < -0.3 is 0 Å². The first-order chi connectivity index (χ1) is 7.20. The highest BCUT2D eigenvalue weighted by Crippen LogP contribution is 2.37. The van der Waals surface area contributed by atoms with Crippen molar-refractivity contribution in [3.8, 4) is 10.4 Å². The Morgan fingerprint density at radius 3 is 2.87 bits per heavy atom. The van der Waals surface area contributed by atoms with E-state index < -0.39 is 4.92 Å². The summed E-state index contributed by atoms with van der Waals surface area (Å²) in [5.41, 5.74) is 0.340. The lowest BCUT2D eigenvalue weighted by molar-refractivity contribution is -0.384. The predicted octanol–water partition coefficient (Wildman–Crippen LogP) is 2.77. The summed E-state index contributed by atoms with van der Waals surface area (Å²) in [6, 6.07) is 4.54. The SMILES string of the molecule is O=[N+]([O-])c1cccc(Cl)c1-c1cnns1. The van der Waals surface area contributed by atoms with Gasteiger partial charge in [-0.3, -0.25) is 10.1 Å². The molecule has 1 aromatic carbocycles. The van der Waals surface area contributed by atoms with E-state index in [0.717, 1.165) is 11.5 Å². The van der Waals surface area contributed by atoms with Gasteiger partial charge in [-0.2, -0.15) is 0 Å². The Kier molecular flexibility index (Phi) is 2.61. The fourth-order valence-corrected chi connectivity index (χ4v) is 2.10. The molecule has 7 heteroatoms. The number of nitro benzene ring substituents is 1. The Balaban J connectivity index is 2.68. The van der Waals surface area contributed by atoms with Crippen molar-refractivity contribution in [1.29, 1.82) is 0 Å². The molecule has 0 bridgehead atoms. The Labute approximate surface area is 93.6 Å². The third-order valence-corrected chi connectivity index (χ3v) is 2.79. The molecule has 0 amide bonds. The maximum absolute atomic E-state index is 10.8. The van der Waals surface area contributed by atoms with Gasteiger partial charge in [-0.05, 0) is 17.6 Å². The molecule has 0 saturated heterocycles. The van der Waals surface area contributed by atoms with Crippen LogP contribution in [0.3, 0.4) is 0 Å². The van der Waals surface area contributed by atoms with Crippen molar-refractivity contribution < 1.29 is 4.92 Å². The van der Waals surface area contributed by atoms with Crippen LogP contribution in [-0.2, 0) is 0 Å². The predicted molar refractivity (Wildman–Crippen MR) is 57.0 cm³/mol. The lowest BCUT2D eigenvalue weighted by atomic mass is 10.1. The molecule has 76 valence electrons. The number of hydrogen-bond donors (Lipinski definition) is 0. The average Bonchev–Trinajstić information content (AvgIpc) is 2.70. The molecular formula is C8H4ClN3O2S. The molecule has 1 aromatic heterocycles. The molecule has 1 heterocycles. The summed E-state index contributed by atoms with van der Waals surface area (Å²) >= 11 is 6.98. The normalized spacial score (nSPS) is 10.2. The summed E-state index contributed by atoms with van der Waals surface area (Å²) in [4.78, 5) is 10.9. The monoisotopic (exact) mass is 241 g/mol. The molecule has 0 saturated carbocycles. The summed E-state index contributed by atoms with van der Waals surface area (Å²) in [5.74, 6) is 0. The van der Waals surface area contributed by atoms with E-state index in [0.29, 0.717) is 15.5 Å². The molecule has 2 rings (SSSR count). The summed E-state index contributed by atoms with van der Waals surface area (Å²) in [6.07, 6.45) is 1.46. The fourth-order valence-electron chi connectivity index (χ4n) is 1.19. The topological polar surface area (TPSA) is 68.9 Å². The molecule has 0 aliphatic carbocycles. The standard InChI is InChI=1S/C8H4ClN3O2S/c9-5-2-1-3-6(12(13)14)8(5)7-4-10-11-15-7/h1-4H. The van der Waals surface area contributed by atoms with E-state index in [1.807, 2.05) is 0 Å². The lowest BCUT2D eigenvalue weighted by Crippen LogP contribution is -1.91. The Morgan fingerprint density at radius 2 is 2.27 bits per heavy atom. The number of aromatic nitrogens is 2. The van der Waals surface area contributed by atoms with E-state index in [1.165, 1.54) is 12.3 Å². The van der Waals surface area contributed by atoms with Gasteiger partial charge in [0.2, 0.25) is 0 Å². The lowest BCUT2D eigenvalue weighted by Gasteiger charge is -2.00. The maximum Gasteiger partial charge on any atom is 0.279 e. The van der Waals surface area contributed by atoms with Crippen LogP contribution in [0.2, 0.25) is 5.02 Å². The minimum atomic E-state index is -0.471. The Morgan fingerprint density at radius 1 is 1.47 bits per heavy atom. The molecule has 0 N–H and O–H groups in total. The minimum Gasteiger partial charge on any atom is -0.258 e. The smallest absolute Gasteiger partial charge is 0.258 e. The van der Waals surface area contributed by atoms with Gasteiger partial charge in [0.1, 0.15) is 0 Å². The van der Waals surface area contributed by atoms with Gasteiger partial charge in [0.25, 0.3) is 5.69 Å². The molecule has 0 unspecified atom stereocenters. The number of nitrogens with zero attached hydrogens (tertiary/aromatic N) is 3. The zero-order valence-electron chi connectivity index (χ0n) is 7.25. The van der Waals surface area contributed by atoms with E-state index in [9.17, 15) is 10.1 Å². The van der Waals surface area contributed by atoms with Gasteiger partial charge in [-0.1, -0.05) is 22.2 Å². The number of benzene rings is 1. The van der Waals surface area contributed by atoms with Crippen LogP contribution in [0.1, 0.15) is 0 Å². The molecule has 2 aromatic rings. The average molecular weight is 242 g/mol. The van der Waals surface area contributed by atoms with Crippen molar-refractivity contribution >= 4 is 28.8 Å². The van der Waals surface area contributed by atoms with Crippen molar-refractivity contribution in [3.05, 3.63) is 39.5 Å². The van der Waals surface area contributed by atoms with Gasteiger partial charge in [0.15, 0.2) is 0 Å². The summed E-state index contributed by atoms with van der Waals surface area (Å²) in [7, 11) is 0. The summed E-state index contributed by atoms with van der Waals surface area (Å²) in [6.45, 7) is 0. The molecule has 0 atom stereocenters. The highest BCUT2D eigenvalue weighted by Gasteiger charge is 2.19. The van der Waals surface area contributed by atoms with Crippen LogP contribution in [0.25, 0.3) is 10.4 Å². The van der Waals surface area contributed by atoms with Crippen molar-refractivity contribution in [2.75, 3.05) is 0 Å². The van der Waals surface area contributed by atoms with Gasteiger partial charge in [-0.15, -0.1) is 5.10 Å². The molecule has 0 radical (unpaired) electrons. The molecule has 0 fully saturated rings. The van der Waals surface area contributed by atoms with Gasteiger partial charge in [-0.25, -0.2) is 0 Å². The number of nitro groups is 1. The van der Waals surface area contributed by atoms with Crippen LogP contribution in [0, 0.1) is 10.1 Å². The van der Waals surface area contributed by atoms with E-state index in [4.69, 9.17) is 11.6 Å². The van der Waals surface area contributed by atoms with Crippen LogP contribution in [0.5, 0.6) is 0 Å². The largest absolute Gasteiger partial charge is 0.279 e. The number of halogens is 1. The second kappa shape index (κ2) is 3.92. The molecular weight excluding hydrogens is 238 g/mol. The summed E-state index contributed by atoms with van der Waals surface area (Å²) in [5, 5.41) is 14.7. The summed E-state index contributed by atoms with van der Waals surface area (Å²) < 4.78 is 3.65. The van der Waals surface area contributed by atoms with Crippen molar-refractivity contribution in [2.24, 2.45) is 0 Å². The van der Waals surface area contributed by atoms with E-state index in [-0.39, 0.29) is 5.69 Å². The van der Waals surface area contributed by atoms with Crippen LogP contribution < -0.4 is 0 Å². The van der Waals surface area contributed by atoms with Crippen LogP contribution in [0.4, 0.5) is 5.69 Å². The quantitative estimate of drug-likeness (QED) is 0.599. The molecule has 5 nitrogen and oxygen atoms in total. The zero-order valence-corrected chi connectivity index (χ0v) is 8.83. The first-order valence-corrected chi connectivity index (χ1v) is 5.06. The van der Waals surface area contributed by atoms with Gasteiger partial charge in [0, 0.05) is 6.07 Å². The van der Waals surface area contributed by atoms with Crippen molar-refractivity contribution in [3.63, 3.8) is 0 Å². The fraction of sp³-hybridized carbons (Fsp3) is 0.